The molecule has 0 radical (unpaired) electrons. The van der Waals surface area contributed by atoms with Crippen LogP contribution in [0.1, 0.15) is 11.1 Å². The molecule has 0 bridgehead atoms. The third-order valence-electron chi connectivity index (χ3n) is 2.39. The molecule has 0 amide bonds. The van der Waals surface area contributed by atoms with Crippen molar-refractivity contribution in [3.05, 3.63) is 35.5 Å². The molecule has 2 aromatic rings. The van der Waals surface area contributed by atoms with Crippen LogP contribution in [0, 0.1) is 13.8 Å². The van der Waals surface area contributed by atoms with Crippen LogP contribution in [-0.4, -0.2) is 11.2 Å². The van der Waals surface area contributed by atoms with E-state index in [0.717, 1.165) is 5.52 Å². The maximum absolute atomic E-state index is 4.43. The van der Waals surface area contributed by atoms with Gasteiger partial charge in [0.05, 0.1) is 5.52 Å². The van der Waals surface area contributed by atoms with Crippen LogP contribution in [0.5, 0.6) is 0 Å². The Kier molecular flexibility index (Phi) is 2.46. The summed E-state index contributed by atoms with van der Waals surface area (Å²) in [5.41, 5.74) is 3.73. The van der Waals surface area contributed by atoms with Crippen molar-refractivity contribution in [2.45, 2.75) is 18.7 Å². The van der Waals surface area contributed by atoms with Gasteiger partial charge in [-0.25, -0.2) is 0 Å². The van der Waals surface area contributed by atoms with Crippen LogP contribution < -0.4 is 0 Å². The summed E-state index contributed by atoms with van der Waals surface area (Å²) in [4.78, 5) is 5.70. The van der Waals surface area contributed by atoms with Gasteiger partial charge in [0.25, 0.3) is 0 Å². The molecule has 0 aliphatic rings. The number of rotatable bonds is 1. The SMILES string of the molecule is CSc1cc(C)cc2c(C)ccnc12. The maximum atomic E-state index is 4.43. The number of nitrogens with zero attached hydrogens (tertiary/aromatic N) is 1. The van der Waals surface area contributed by atoms with E-state index in [2.05, 4.69) is 43.3 Å². The van der Waals surface area contributed by atoms with Crippen LogP contribution in [0.2, 0.25) is 0 Å². The molecule has 0 fully saturated rings. The summed E-state index contributed by atoms with van der Waals surface area (Å²) in [6.45, 7) is 4.26. The van der Waals surface area contributed by atoms with E-state index >= 15 is 0 Å². The van der Waals surface area contributed by atoms with Crippen molar-refractivity contribution < 1.29 is 0 Å². The van der Waals surface area contributed by atoms with Crippen molar-refractivity contribution in [2.75, 3.05) is 6.26 Å². The van der Waals surface area contributed by atoms with Gasteiger partial charge >= 0.3 is 0 Å². The van der Waals surface area contributed by atoms with E-state index < -0.39 is 0 Å². The standard InChI is InChI=1S/C12H13NS/c1-8-6-10-9(2)4-5-13-12(10)11(7-8)14-3/h4-7H,1-3H3. The molecule has 0 unspecified atom stereocenters. The van der Waals surface area contributed by atoms with E-state index in [1.54, 1.807) is 11.8 Å². The summed E-state index contributed by atoms with van der Waals surface area (Å²) >= 11 is 1.76. The average Bonchev–Trinajstić information content (AvgIpc) is 2.18. The molecular formula is C12H13NS. The number of benzene rings is 1. The second-order valence-corrected chi connectivity index (χ2v) is 4.34. The number of pyridine rings is 1. The molecule has 72 valence electrons. The minimum absolute atomic E-state index is 1.13. The van der Waals surface area contributed by atoms with Crippen molar-refractivity contribution in [3.63, 3.8) is 0 Å². The van der Waals surface area contributed by atoms with Gasteiger partial charge in [-0.1, -0.05) is 0 Å². The predicted molar refractivity (Wildman–Crippen MR) is 63.0 cm³/mol. The molecular weight excluding hydrogens is 190 g/mol. The minimum atomic E-state index is 1.13. The molecule has 0 saturated heterocycles. The second kappa shape index (κ2) is 3.62. The van der Waals surface area contributed by atoms with Gasteiger partial charge in [0, 0.05) is 16.5 Å². The number of aromatic nitrogens is 1. The summed E-state index contributed by atoms with van der Waals surface area (Å²) in [6, 6.07) is 6.46. The zero-order chi connectivity index (χ0) is 10.1. The van der Waals surface area contributed by atoms with E-state index in [0.29, 0.717) is 0 Å². The Bertz CT molecular complexity index is 477. The third-order valence-corrected chi connectivity index (χ3v) is 3.14. The lowest BCUT2D eigenvalue weighted by atomic mass is 10.1. The van der Waals surface area contributed by atoms with Crippen LogP contribution in [0.3, 0.4) is 0 Å². The third kappa shape index (κ3) is 1.50. The van der Waals surface area contributed by atoms with E-state index in [1.807, 2.05) is 6.20 Å². The van der Waals surface area contributed by atoms with Gasteiger partial charge in [-0.05, 0) is 49.4 Å². The molecule has 1 heterocycles. The quantitative estimate of drug-likeness (QED) is 0.657. The fourth-order valence-corrected chi connectivity index (χ4v) is 2.31. The molecule has 0 saturated carbocycles. The predicted octanol–water partition coefficient (Wildman–Crippen LogP) is 3.57. The van der Waals surface area contributed by atoms with Crippen LogP contribution in [-0.2, 0) is 0 Å². The summed E-state index contributed by atoms with van der Waals surface area (Å²) in [7, 11) is 0. The van der Waals surface area contributed by atoms with Gasteiger partial charge in [0.15, 0.2) is 0 Å². The summed E-state index contributed by atoms with van der Waals surface area (Å²) in [5, 5.41) is 1.27. The molecule has 0 spiro atoms. The van der Waals surface area contributed by atoms with Crippen molar-refractivity contribution in [2.24, 2.45) is 0 Å². The van der Waals surface area contributed by atoms with Gasteiger partial charge < -0.3 is 0 Å². The van der Waals surface area contributed by atoms with E-state index in [9.17, 15) is 0 Å². The lowest BCUT2D eigenvalue weighted by Crippen LogP contribution is -1.86. The zero-order valence-corrected chi connectivity index (χ0v) is 9.48. The zero-order valence-electron chi connectivity index (χ0n) is 8.66. The first-order chi connectivity index (χ1) is 6.72. The summed E-state index contributed by atoms with van der Waals surface area (Å²) < 4.78 is 0. The summed E-state index contributed by atoms with van der Waals surface area (Å²) in [6.07, 6.45) is 3.98. The highest BCUT2D eigenvalue weighted by Gasteiger charge is 2.04. The number of thioether (sulfide) groups is 1. The number of aryl methyl sites for hydroxylation is 2. The summed E-state index contributed by atoms with van der Waals surface area (Å²) in [5.74, 6) is 0. The molecule has 0 N–H and O–H groups in total. The Hall–Kier alpha value is -1.02. The molecule has 0 aliphatic heterocycles. The number of hydrogen-bond acceptors (Lipinski definition) is 2. The van der Waals surface area contributed by atoms with Crippen LogP contribution in [0.15, 0.2) is 29.3 Å². The first-order valence-corrected chi connectivity index (χ1v) is 5.85. The molecule has 1 nitrogen and oxygen atoms in total. The molecule has 1 aromatic carbocycles. The first kappa shape index (κ1) is 9.53. The van der Waals surface area contributed by atoms with Crippen LogP contribution >= 0.6 is 11.8 Å². The van der Waals surface area contributed by atoms with Crippen LogP contribution in [0.25, 0.3) is 10.9 Å². The fraction of sp³-hybridized carbons (Fsp3) is 0.250. The largest absolute Gasteiger partial charge is 0.255 e. The fourth-order valence-electron chi connectivity index (χ4n) is 1.65. The highest BCUT2D eigenvalue weighted by molar-refractivity contribution is 7.98. The topological polar surface area (TPSA) is 12.9 Å². The Labute approximate surface area is 88.6 Å². The minimum Gasteiger partial charge on any atom is -0.255 e. The Morgan fingerprint density at radius 2 is 2.00 bits per heavy atom. The van der Waals surface area contributed by atoms with Crippen molar-refractivity contribution in [1.82, 2.24) is 4.98 Å². The molecule has 2 rings (SSSR count). The Morgan fingerprint density at radius 3 is 2.71 bits per heavy atom. The van der Waals surface area contributed by atoms with E-state index in [4.69, 9.17) is 0 Å². The van der Waals surface area contributed by atoms with Gasteiger partial charge in [0.1, 0.15) is 0 Å². The smallest absolute Gasteiger partial charge is 0.0840 e. The first-order valence-electron chi connectivity index (χ1n) is 4.62. The van der Waals surface area contributed by atoms with E-state index in [1.165, 1.54) is 21.4 Å². The number of hydrogen-bond donors (Lipinski definition) is 0. The molecule has 1 aromatic heterocycles. The van der Waals surface area contributed by atoms with Crippen LogP contribution in [0.4, 0.5) is 0 Å². The van der Waals surface area contributed by atoms with E-state index in [-0.39, 0.29) is 0 Å². The lowest BCUT2D eigenvalue weighted by Gasteiger charge is -2.06. The Balaban J connectivity index is 2.87. The second-order valence-electron chi connectivity index (χ2n) is 3.49. The highest BCUT2D eigenvalue weighted by atomic mass is 32.2. The highest BCUT2D eigenvalue weighted by Crippen LogP contribution is 2.27. The monoisotopic (exact) mass is 203 g/mol. The van der Waals surface area contributed by atoms with Gasteiger partial charge in [-0.3, -0.25) is 4.98 Å². The number of fused-ring (bicyclic) bond motifs is 1. The van der Waals surface area contributed by atoms with Crippen molar-refractivity contribution in [3.8, 4) is 0 Å². The molecule has 14 heavy (non-hydrogen) atoms. The average molecular weight is 203 g/mol. The molecule has 0 aliphatic carbocycles. The van der Waals surface area contributed by atoms with Gasteiger partial charge in [0.2, 0.25) is 0 Å². The van der Waals surface area contributed by atoms with Crippen molar-refractivity contribution in [1.29, 1.82) is 0 Å². The van der Waals surface area contributed by atoms with Gasteiger partial charge in [-0.2, -0.15) is 0 Å². The van der Waals surface area contributed by atoms with Gasteiger partial charge in [-0.15, -0.1) is 11.8 Å². The molecule has 2 heteroatoms. The normalized spacial score (nSPS) is 10.8. The lowest BCUT2D eigenvalue weighted by molar-refractivity contribution is 1.30. The van der Waals surface area contributed by atoms with Crippen molar-refractivity contribution >= 4 is 22.7 Å². The maximum Gasteiger partial charge on any atom is 0.0840 e. The Morgan fingerprint density at radius 1 is 1.21 bits per heavy atom. The molecule has 0 atom stereocenters.